The molecule has 0 bridgehead atoms. The molecule has 3 rings (SSSR count). The number of primary amides is 1. The van der Waals surface area contributed by atoms with Crippen molar-refractivity contribution in [2.75, 3.05) is 13.6 Å². The fraction of sp³-hybridized carbons (Fsp3) is 0.529. The van der Waals surface area contributed by atoms with E-state index in [2.05, 4.69) is 13.8 Å². The Kier molecular flexibility index (Phi) is 2.91. The van der Waals surface area contributed by atoms with Gasteiger partial charge in [-0.3, -0.25) is 4.79 Å². The minimum absolute atomic E-state index is 0.0743. The Labute approximate surface area is 125 Å². The molecule has 1 spiro atoms. The van der Waals surface area contributed by atoms with Crippen LogP contribution in [0.15, 0.2) is 33.9 Å². The van der Waals surface area contributed by atoms with E-state index in [1.807, 2.05) is 13.0 Å². The molecule has 0 saturated heterocycles. The third-order valence-corrected chi connectivity index (χ3v) is 5.58. The Morgan fingerprint density at radius 3 is 2.57 bits per heavy atom. The summed E-state index contributed by atoms with van der Waals surface area (Å²) in [6.45, 7) is 6.68. The summed E-state index contributed by atoms with van der Waals surface area (Å²) in [4.78, 5) is 25.5. The van der Waals surface area contributed by atoms with Gasteiger partial charge in [-0.2, -0.15) is 0 Å². The minimum atomic E-state index is -0.446. The van der Waals surface area contributed by atoms with Crippen molar-refractivity contribution in [2.24, 2.45) is 17.1 Å². The van der Waals surface area contributed by atoms with Crippen LogP contribution in [0, 0.1) is 11.3 Å². The van der Waals surface area contributed by atoms with E-state index in [-0.39, 0.29) is 17.1 Å². The molecule has 1 fully saturated rings. The molecule has 4 nitrogen and oxygen atoms in total. The van der Waals surface area contributed by atoms with E-state index in [1.54, 1.807) is 7.05 Å². The van der Waals surface area contributed by atoms with Crippen molar-refractivity contribution < 1.29 is 9.59 Å². The second-order valence-corrected chi connectivity index (χ2v) is 6.66. The Morgan fingerprint density at radius 2 is 2.05 bits per heavy atom. The average molecular weight is 286 g/mol. The predicted octanol–water partition coefficient (Wildman–Crippen LogP) is 2.57. The Balaban J connectivity index is 2.06. The molecule has 2 amide bonds. The van der Waals surface area contributed by atoms with Crippen molar-refractivity contribution >= 4 is 11.8 Å². The van der Waals surface area contributed by atoms with Crippen LogP contribution in [0.3, 0.4) is 0 Å². The number of fused-ring (bicyclic) bond motifs is 1. The highest BCUT2D eigenvalue weighted by Crippen LogP contribution is 2.63. The lowest BCUT2D eigenvalue weighted by atomic mass is 9.70. The van der Waals surface area contributed by atoms with Crippen LogP contribution in [-0.4, -0.2) is 30.3 Å². The van der Waals surface area contributed by atoms with E-state index in [0.29, 0.717) is 6.54 Å². The SMILES string of the molecule is CC1=C(CN(C)C(N)=O)C2=C(C)C3(CC3)C(C)C(=O)C2=C1. The standard InChI is InChI=1S/C17H22N2O2/c1-9-7-12-14(13(9)8-19(4)16(18)21)10(2)17(5-6-17)11(3)15(12)20/h7,11H,5-6,8H2,1-4H3,(H2,18,21). The van der Waals surface area contributed by atoms with Gasteiger partial charge in [0.15, 0.2) is 5.78 Å². The molecular formula is C17H22N2O2. The van der Waals surface area contributed by atoms with Crippen LogP contribution in [0.2, 0.25) is 0 Å². The van der Waals surface area contributed by atoms with E-state index < -0.39 is 6.03 Å². The molecule has 0 heterocycles. The van der Waals surface area contributed by atoms with Crippen molar-refractivity contribution in [2.45, 2.75) is 33.6 Å². The van der Waals surface area contributed by atoms with Crippen LogP contribution in [0.1, 0.15) is 33.6 Å². The summed E-state index contributed by atoms with van der Waals surface area (Å²) >= 11 is 0. The van der Waals surface area contributed by atoms with Gasteiger partial charge >= 0.3 is 6.03 Å². The first kappa shape index (κ1) is 14.1. The minimum Gasteiger partial charge on any atom is -0.351 e. The normalized spacial score (nSPS) is 26.2. The maximum atomic E-state index is 12.7. The molecule has 1 saturated carbocycles. The Morgan fingerprint density at radius 1 is 1.43 bits per heavy atom. The lowest BCUT2D eigenvalue weighted by Gasteiger charge is -2.33. The third kappa shape index (κ3) is 1.81. The van der Waals surface area contributed by atoms with E-state index in [0.717, 1.165) is 35.1 Å². The molecule has 0 aromatic heterocycles. The molecular weight excluding hydrogens is 264 g/mol. The lowest BCUT2D eigenvalue weighted by Crippen LogP contribution is -2.35. The first-order valence-corrected chi connectivity index (χ1v) is 7.48. The number of amides is 2. The van der Waals surface area contributed by atoms with Gasteiger partial charge in [0.05, 0.1) is 0 Å². The first-order chi connectivity index (χ1) is 9.79. The second kappa shape index (κ2) is 4.33. The summed E-state index contributed by atoms with van der Waals surface area (Å²) in [5.74, 6) is 0.331. The van der Waals surface area contributed by atoms with Gasteiger partial charge in [0.1, 0.15) is 0 Å². The number of nitrogens with two attached hydrogens (primary N) is 1. The number of likely N-dealkylation sites (N-methyl/N-ethyl adjacent to an activating group) is 1. The smallest absolute Gasteiger partial charge is 0.314 e. The van der Waals surface area contributed by atoms with Crippen molar-refractivity contribution in [1.29, 1.82) is 0 Å². The number of hydrogen-bond donors (Lipinski definition) is 1. The van der Waals surface area contributed by atoms with Crippen LogP contribution in [-0.2, 0) is 4.79 Å². The summed E-state index contributed by atoms with van der Waals surface area (Å²) in [5, 5.41) is 0. The zero-order chi connectivity index (χ0) is 15.5. The molecule has 0 radical (unpaired) electrons. The van der Waals surface area contributed by atoms with Gasteiger partial charge in [0.2, 0.25) is 0 Å². The number of urea groups is 1. The quantitative estimate of drug-likeness (QED) is 0.848. The van der Waals surface area contributed by atoms with Gasteiger partial charge in [-0.1, -0.05) is 12.5 Å². The van der Waals surface area contributed by atoms with E-state index in [4.69, 9.17) is 5.73 Å². The zero-order valence-electron chi connectivity index (χ0n) is 13.1. The van der Waals surface area contributed by atoms with Crippen LogP contribution >= 0.6 is 0 Å². The fourth-order valence-corrected chi connectivity index (χ4v) is 3.88. The molecule has 0 aliphatic heterocycles. The van der Waals surface area contributed by atoms with E-state index in [1.165, 1.54) is 10.5 Å². The highest BCUT2D eigenvalue weighted by atomic mass is 16.2. The van der Waals surface area contributed by atoms with Crippen molar-refractivity contribution in [3.63, 3.8) is 0 Å². The van der Waals surface area contributed by atoms with Crippen LogP contribution in [0.25, 0.3) is 0 Å². The monoisotopic (exact) mass is 286 g/mol. The molecule has 1 atom stereocenters. The number of allylic oxidation sites excluding steroid dienone is 4. The van der Waals surface area contributed by atoms with E-state index >= 15 is 0 Å². The van der Waals surface area contributed by atoms with Gasteiger partial charge < -0.3 is 10.6 Å². The number of hydrogen-bond acceptors (Lipinski definition) is 2. The summed E-state index contributed by atoms with van der Waals surface area (Å²) in [5.41, 5.74) is 10.8. The summed E-state index contributed by atoms with van der Waals surface area (Å²) in [7, 11) is 1.69. The van der Waals surface area contributed by atoms with Gasteiger partial charge in [-0.15, -0.1) is 0 Å². The van der Waals surface area contributed by atoms with E-state index in [9.17, 15) is 9.59 Å². The number of carbonyl (C=O) groups excluding carboxylic acids is 2. The fourth-order valence-electron chi connectivity index (χ4n) is 3.88. The molecule has 0 aromatic rings. The molecule has 3 aliphatic rings. The maximum Gasteiger partial charge on any atom is 0.314 e. The Bertz CT molecular complexity index is 648. The molecule has 4 heteroatoms. The molecule has 1 unspecified atom stereocenters. The number of Topliss-reactive ketones (excluding diaryl/α,β-unsaturated/α-hetero) is 1. The van der Waals surface area contributed by atoms with Crippen molar-refractivity contribution in [3.8, 4) is 0 Å². The summed E-state index contributed by atoms with van der Waals surface area (Å²) in [6, 6.07) is -0.446. The largest absolute Gasteiger partial charge is 0.351 e. The van der Waals surface area contributed by atoms with Gasteiger partial charge in [-0.25, -0.2) is 4.79 Å². The highest BCUT2D eigenvalue weighted by Gasteiger charge is 2.56. The Hall–Kier alpha value is -1.84. The van der Waals surface area contributed by atoms with Crippen molar-refractivity contribution in [3.05, 3.63) is 33.9 Å². The molecule has 2 N–H and O–H groups in total. The molecule has 21 heavy (non-hydrogen) atoms. The number of carbonyl (C=O) groups is 2. The van der Waals surface area contributed by atoms with Crippen molar-refractivity contribution in [1.82, 2.24) is 4.90 Å². The summed E-state index contributed by atoms with van der Waals surface area (Å²) in [6.07, 6.45) is 4.18. The van der Waals surface area contributed by atoms with Gasteiger partial charge in [0.25, 0.3) is 0 Å². The van der Waals surface area contributed by atoms with Gasteiger partial charge in [-0.05, 0) is 49.5 Å². The number of rotatable bonds is 2. The topological polar surface area (TPSA) is 63.4 Å². The first-order valence-electron chi connectivity index (χ1n) is 7.48. The zero-order valence-corrected chi connectivity index (χ0v) is 13.1. The van der Waals surface area contributed by atoms with Crippen LogP contribution in [0.4, 0.5) is 4.79 Å². The lowest BCUT2D eigenvalue weighted by molar-refractivity contribution is -0.120. The molecule has 112 valence electrons. The number of nitrogens with zero attached hydrogens (tertiary/aromatic N) is 1. The second-order valence-electron chi connectivity index (χ2n) is 6.66. The number of ketones is 1. The highest BCUT2D eigenvalue weighted by molar-refractivity contribution is 6.07. The van der Waals surface area contributed by atoms with Gasteiger partial charge in [0, 0.05) is 30.5 Å². The average Bonchev–Trinajstić information content (AvgIpc) is 3.17. The van der Waals surface area contributed by atoms with Crippen LogP contribution in [0.5, 0.6) is 0 Å². The maximum absolute atomic E-state index is 12.7. The third-order valence-electron chi connectivity index (χ3n) is 5.58. The van der Waals surface area contributed by atoms with Crippen LogP contribution < -0.4 is 5.73 Å². The molecule has 3 aliphatic carbocycles. The summed E-state index contributed by atoms with van der Waals surface area (Å²) < 4.78 is 0. The molecule has 0 aromatic carbocycles. The predicted molar refractivity (Wildman–Crippen MR) is 81.5 cm³/mol.